The lowest BCUT2D eigenvalue weighted by molar-refractivity contribution is -0.145. The van der Waals surface area contributed by atoms with E-state index in [-0.39, 0.29) is 23.6 Å². The molecule has 0 spiro atoms. The Bertz CT molecular complexity index is 1060. The zero-order valence-electron chi connectivity index (χ0n) is 32.3. The molecule has 4 fully saturated rings. The van der Waals surface area contributed by atoms with Crippen LogP contribution >= 0.6 is 0 Å². The van der Waals surface area contributed by atoms with Crippen LogP contribution in [0.3, 0.4) is 0 Å². The van der Waals surface area contributed by atoms with E-state index >= 15 is 0 Å². The third-order valence-corrected chi connectivity index (χ3v) is 13.0. The first kappa shape index (κ1) is 39.1. The fourth-order valence-electron chi connectivity index (χ4n) is 9.91. The lowest BCUT2D eigenvalue weighted by Crippen LogP contribution is -2.46. The second-order valence-electron chi connectivity index (χ2n) is 18.9. The van der Waals surface area contributed by atoms with Gasteiger partial charge in [0, 0.05) is 12.1 Å². The fraction of sp³-hybridized carbons (Fsp3) is 0.905. The van der Waals surface area contributed by atoms with E-state index in [0.29, 0.717) is 24.8 Å². The van der Waals surface area contributed by atoms with E-state index < -0.39 is 29.2 Å². The van der Waals surface area contributed by atoms with Crippen molar-refractivity contribution in [3.05, 3.63) is 0 Å². The number of hydrogen-bond acceptors (Lipinski definition) is 4. The number of carbonyl (C=O) groups is 4. The van der Waals surface area contributed by atoms with Gasteiger partial charge in [0.1, 0.15) is 0 Å². The summed E-state index contributed by atoms with van der Waals surface area (Å²) in [4.78, 5) is 55.7. The Kier molecular flexibility index (Phi) is 13.8. The summed E-state index contributed by atoms with van der Waals surface area (Å²) in [5.74, 6) is 1.17. The first-order valence-corrected chi connectivity index (χ1v) is 20.3. The maximum Gasteiger partial charge on any atom is 0.233 e. The number of nitrogens with zero attached hydrogens (tertiary/aromatic N) is 2. The average Bonchev–Trinajstić information content (AvgIpc) is 3.40. The van der Waals surface area contributed by atoms with E-state index in [4.69, 9.17) is 0 Å². The zero-order chi connectivity index (χ0) is 35.2. The molecule has 0 aromatic heterocycles. The van der Waals surface area contributed by atoms with E-state index in [9.17, 15) is 19.2 Å². The summed E-state index contributed by atoms with van der Waals surface area (Å²) in [6.07, 6.45) is 23.0. The van der Waals surface area contributed by atoms with E-state index in [1.807, 2.05) is 20.8 Å². The molecule has 48 heavy (non-hydrogen) atoms. The van der Waals surface area contributed by atoms with Crippen LogP contribution in [-0.2, 0) is 19.2 Å². The van der Waals surface area contributed by atoms with Gasteiger partial charge in [0.15, 0.2) is 0 Å². The van der Waals surface area contributed by atoms with Gasteiger partial charge in [-0.3, -0.25) is 29.0 Å². The van der Waals surface area contributed by atoms with E-state index in [1.165, 1.54) is 99.7 Å². The molecule has 274 valence electrons. The molecule has 2 saturated heterocycles. The van der Waals surface area contributed by atoms with Gasteiger partial charge in [-0.25, -0.2) is 0 Å². The maximum atomic E-state index is 13.3. The SMILES string of the molecule is CC1CCC(CCCCCCCCC(C)(C)C)C(CCCCCCCCN2C(=O)C3CC4C(=O)N(C(C)(C)C)C(=O)C4CC3C2=O)C1C. The molecule has 2 aliphatic carbocycles. The Balaban J connectivity index is 1.10. The molecule has 0 aromatic carbocycles. The highest BCUT2D eigenvalue weighted by atomic mass is 16.2. The minimum atomic E-state index is -0.582. The molecular formula is C42H72N2O4. The van der Waals surface area contributed by atoms with Gasteiger partial charge in [-0.05, 0) is 88.4 Å². The molecule has 0 aromatic rings. The number of fused-ring (bicyclic) bond motifs is 2. The fourth-order valence-corrected chi connectivity index (χ4v) is 9.91. The third kappa shape index (κ3) is 9.74. The van der Waals surface area contributed by atoms with Gasteiger partial charge in [0.25, 0.3) is 0 Å². The summed E-state index contributed by atoms with van der Waals surface area (Å²) in [5.41, 5.74) is -0.105. The summed E-state index contributed by atoms with van der Waals surface area (Å²) in [7, 11) is 0. The Labute approximate surface area is 294 Å². The number of hydrogen-bond donors (Lipinski definition) is 0. The monoisotopic (exact) mass is 669 g/mol. The van der Waals surface area contributed by atoms with Crippen LogP contribution in [-0.4, -0.2) is 45.5 Å². The lowest BCUT2D eigenvalue weighted by atomic mass is 9.65. The smallest absolute Gasteiger partial charge is 0.233 e. The Hall–Kier alpha value is -1.72. The van der Waals surface area contributed by atoms with Crippen LogP contribution in [0.15, 0.2) is 0 Å². The molecule has 4 amide bonds. The van der Waals surface area contributed by atoms with Crippen LogP contribution in [0.2, 0.25) is 0 Å². The highest BCUT2D eigenvalue weighted by molar-refractivity contribution is 6.09. The summed E-state index contributed by atoms with van der Waals surface area (Å²) < 4.78 is 0. The number of rotatable bonds is 17. The second kappa shape index (κ2) is 17.0. The molecule has 2 saturated carbocycles. The van der Waals surface area contributed by atoms with Crippen molar-refractivity contribution < 1.29 is 19.2 Å². The third-order valence-electron chi connectivity index (χ3n) is 13.0. The topological polar surface area (TPSA) is 74.8 Å². The van der Waals surface area contributed by atoms with Crippen molar-refractivity contribution in [3.8, 4) is 0 Å². The van der Waals surface area contributed by atoms with Gasteiger partial charge in [0.2, 0.25) is 23.6 Å². The Morgan fingerprint density at radius 3 is 1.54 bits per heavy atom. The van der Waals surface area contributed by atoms with Crippen molar-refractivity contribution in [2.45, 2.75) is 183 Å². The number of unbranched alkanes of at least 4 members (excludes halogenated alkanes) is 10. The van der Waals surface area contributed by atoms with Crippen molar-refractivity contribution in [1.29, 1.82) is 0 Å². The van der Waals surface area contributed by atoms with Crippen molar-refractivity contribution in [2.75, 3.05) is 6.54 Å². The zero-order valence-corrected chi connectivity index (χ0v) is 32.3. The van der Waals surface area contributed by atoms with E-state index in [2.05, 4.69) is 34.6 Å². The van der Waals surface area contributed by atoms with Crippen LogP contribution in [0.1, 0.15) is 177 Å². The van der Waals surface area contributed by atoms with Crippen LogP contribution in [0.25, 0.3) is 0 Å². The molecule has 0 N–H and O–H groups in total. The van der Waals surface area contributed by atoms with E-state index in [0.717, 1.165) is 42.9 Å². The van der Waals surface area contributed by atoms with Crippen molar-refractivity contribution in [1.82, 2.24) is 9.80 Å². The molecule has 8 atom stereocenters. The minimum absolute atomic E-state index is 0.112. The summed E-state index contributed by atoms with van der Waals surface area (Å²) >= 11 is 0. The summed E-state index contributed by atoms with van der Waals surface area (Å²) in [6, 6.07) is 0. The maximum absolute atomic E-state index is 13.3. The molecule has 4 rings (SSSR count). The highest BCUT2D eigenvalue weighted by Crippen LogP contribution is 2.49. The van der Waals surface area contributed by atoms with E-state index in [1.54, 1.807) is 0 Å². The minimum Gasteiger partial charge on any atom is -0.282 e. The van der Waals surface area contributed by atoms with Crippen molar-refractivity contribution in [2.24, 2.45) is 52.8 Å². The predicted molar refractivity (Wildman–Crippen MR) is 195 cm³/mol. The molecule has 6 nitrogen and oxygen atoms in total. The van der Waals surface area contributed by atoms with Crippen LogP contribution in [0.5, 0.6) is 0 Å². The van der Waals surface area contributed by atoms with Crippen LogP contribution < -0.4 is 0 Å². The van der Waals surface area contributed by atoms with Gasteiger partial charge in [-0.15, -0.1) is 0 Å². The molecular weight excluding hydrogens is 596 g/mol. The molecule has 4 aliphatic rings. The number of carbonyl (C=O) groups excluding carboxylic acids is 4. The molecule has 2 heterocycles. The number of amides is 4. The number of imide groups is 2. The quantitative estimate of drug-likeness (QED) is 0.114. The molecule has 0 radical (unpaired) electrons. The Morgan fingerprint density at radius 1 is 0.562 bits per heavy atom. The van der Waals surface area contributed by atoms with Gasteiger partial charge in [0.05, 0.1) is 23.7 Å². The summed E-state index contributed by atoms with van der Waals surface area (Å²) in [6.45, 7) is 18.1. The predicted octanol–water partition coefficient (Wildman–Crippen LogP) is 9.98. The first-order valence-electron chi connectivity index (χ1n) is 20.3. The van der Waals surface area contributed by atoms with Gasteiger partial charge >= 0.3 is 0 Å². The first-order chi connectivity index (χ1) is 22.6. The molecule has 8 unspecified atom stereocenters. The van der Waals surface area contributed by atoms with Crippen molar-refractivity contribution >= 4 is 23.6 Å². The van der Waals surface area contributed by atoms with Gasteiger partial charge < -0.3 is 0 Å². The van der Waals surface area contributed by atoms with Crippen LogP contribution in [0.4, 0.5) is 0 Å². The normalized spacial score (nSPS) is 31.2. The molecule has 0 bridgehead atoms. The second-order valence-corrected chi connectivity index (χ2v) is 18.9. The highest BCUT2D eigenvalue weighted by Gasteiger charge is 2.60. The largest absolute Gasteiger partial charge is 0.282 e. The molecule has 6 heteroatoms. The summed E-state index contributed by atoms with van der Waals surface area (Å²) in [5, 5.41) is 0. The lowest BCUT2D eigenvalue weighted by Gasteiger charge is -2.41. The Morgan fingerprint density at radius 2 is 1.02 bits per heavy atom. The van der Waals surface area contributed by atoms with Crippen LogP contribution in [0, 0.1) is 52.8 Å². The van der Waals surface area contributed by atoms with Gasteiger partial charge in [-0.2, -0.15) is 0 Å². The average molecular weight is 669 g/mol. The number of likely N-dealkylation sites (tertiary alicyclic amines) is 2. The van der Waals surface area contributed by atoms with Crippen molar-refractivity contribution in [3.63, 3.8) is 0 Å². The van der Waals surface area contributed by atoms with Gasteiger partial charge in [-0.1, -0.05) is 118 Å². The standard InChI is InChI=1S/C42H72N2O4/c1-29-23-24-31(21-17-13-9-11-15-19-25-41(3,4)5)32(30(29)2)22-18-14-10-12-16-20-26-43-37(45)33-27-35-36(28-34(33)38(43)46)40(48)44(39(35)47)42(6,7)8/h29-36H,9-28H2,1-8H3. The molecule has 2 aliphatic heterocycles.